The fourth-order valence-corrected chi connectivity index (χ4v) is 11.4. The molecule has 2 nitrogen and oxygen atoms in total. The molecule has 0 saturated heterocycles. The topological polar surface area (TPSA) is 25.8 Å². The quantitative estimate of drug-likeness (QED) is 0.167. The van der Waals surface area contributed by atoms with Crippen molar-refractivity contribution in [3.8, 4) is 67.3 Å². The van der Waals surface area contributed by atoms with Crippen LogP contribution in [0.1, 0.15) is 0 Å². The van der Waals surface area contributed by atoms with Crippen LogP contribution in [0.3, 0.4) is 0 Å². The minimum absolute atomic E-state index is 0.695. The minimum Gasteiger partial charge on any atom is -0.228 e. The molecule has 3 heterocycles. The zero-order valence-electron chi connectivity index (χ0n) is 32.3. The molecule has 0 bridgehead atoms. The van der Waals surface area contributed by atoms with Crippen molar-refractivity contribution in [3.63, 3.8) is 0 Å². The van der Waals surface area contributed by atoms with Crippen LogP contribution in [0.2, 0.25) is 0 Å². The highest BCUT2D eigenvalue weighted by molar-refractivity contribution is 7.26. The van der Waals surface area contributed by atoms with Crippen LogP contribution in [-0.4, -0.2) is 9.97 Å². The standard InChI is InChI=1S/C56H34N2S2/c1-3-16-35(17-4-1)38-32-47(37-18-5-2-6-19-37)53(48(33-38)40-25-13-21-36-20-7-8-22-39(36)40)56-57-49(45-28-14-26-43-41-23-9-11-30-51(41)59-54(43)45)34-50(58-56)46-29-15-27-44-42-24-10-12-31-52(42)60-55(44)46/h1-34H. The first-order chi connectivity index (χ1) is 29.7. The van der Waals surface area contributed by atoms with E-state index in [2.05, 4.69) is 206 Å². The highest BCUT2D eigenvalue weighted by Crippen LogP contribution is 2.47. The molecule has 0 aliphatic carbocycles. The molecule has 9 aromatic carbocycles. The SMILES string of the molecule is c1ccc(-c2cc(-c3ccccc3)c(-c3nc(-c4cccc5c4sc4ccccc45)cc(-c4cccc5c4sc4ccccc45)n3)c(-c3cccc4ccccc34)c2)cc1. The first-order valence-corrected chi connectivity index (χ1v) is 21.9. The largest absolute Gasteiger partial charge is 0.228 e. The molecule has 0 fully saturated rings. The van der Waals surface area contributed by atoms with Crippen LogP contribution in [-0.2, 0) is 0 Å². The molecule has 60 heavy (non-hydrogen) atoms. The van der Waals surface area contributed by atoms with Gasteiger partial charge in [-0.15, -0.1) is 22.7 Å². The number of fused-ring (bicyclic) bond motifs is 7. The maximum Gasteiger partial charge on any atom is 0.161 e. The van der Waals surface area contributed by atoms with Crippen LogP contribution in [0.15, 0.2) is 206 Å². The van der Waals surface area contributed by atoms with Crippen LogP contribution in [0.5, 0.6) is 0 Å². The molecule has 12 rings (SSSR count). The van der Waals surface area contributed by atoms with Gasteiger partial charge in [-0.2, -0.15) is 0 Å². The third kappa shape index (κ3) is 5.76. The third-order valence-electron chi connectivity index (χ3n) is 11.7. The monoisotopic (exact) mass is 798 g/mol. The summed E-state index contributed by atoms with van der Waals surface area (Å²) in [6, 6.07) is 74.4. The predicted molar refractivity (Wildman–Crippen MR) is 258 cm³/mol. The van der Waals surface area contributed by atoms with Crippen molar-refractivity contribution in [2.45, 2.75) is 0 Å². The molecule has 280 valence electrons. The van der Waals surface area contributed by atoms with E-state index in [4.69, 9.17) is 9.97 Å². The number of aromatic nitrogens is 2. The van der Waals surface area contributed by atoms with E-state index in [1.165, 1.54) is 51.1 Å². The zero-order valence-corrected chi connectivity index (χ0v) is 34.0. The smallest absolute Gasteiger partial charge is 0.161 e. The lowest BCUT2D eigenvalue weighted by Crippen LogP contribution is -2.00. The number of thiophene rings is 2. The molecule has 0 saturated carbocycles. The summed E-state index contributed by atoms with van der Waals surface area (Å²) >= 11 is 3.67. The van der Waals surface area contributed by atoms with Crippen LogP contribution in [0.4, 0.5) is 0 Å². The second-order valence-electron chi connectivity index (χ2n) is 15.2. The van der Waals surface area contributed by atoms with Crippen molar-refractivity contribution < 1.29 is 0 Å². The van der Waals surface area contributed by atoms with E-state index in [1.54, 1.807) is 0 Å². The predicted octanol–water partition coefficient (Wildman–Crippen LogP) is 16.4. The van der Waals surface area contributed by atoms with E-state index >= 15 is 0 Å². The molecule has 3 aromatic heterocycles. The van der Waals surface area contributed by atoms with Gasteiger partial charge in [-0.3, -0.25) is 0 Å². The lowest BCUT2D eigenvalue weighted by molar-refractivity contribution is 1.19. The number of benzene rings is 9. The highest BCUT2D eigenvalue weighted by atomic mass is 32.1. The Kier molecular flexibility index (Phi) is 8.25. The number of hydrogen-bond acceptors (Lipinski definition) is 4. The molecule has 0 radical (unpaired) electrons. The summed E-state index contributed by atoms with van der Waals surface area (Å²) in [4.78, 5) is 11.4. The Hall–Kier alpha value is -7.24. The Morgan fingerprint density at radius 3 is 1.40 bits per heavy atom. The van der Waals surface area contributed by atoms with Gasteiger partial charge in [0, 0.05) is 57.0 Å². The number of hydrogen-bond donors (Lipinski definition) is 0. The van der Waals surface area contributed by atoms with E-state index in [0.29, 0.717) is 5.82 Å². The van der Waals surface area contributed by atoms with Gasteiger partial charge >= 0.3 is 0 Å². The molecule has 0 spiro atoms. The average molecular weight is 799 g/mol. The van der Waals surface area contributed by atoms with Crippen LogP contribution in [0, 0.1) is 0 Å². The summed E-state index contributed by atoms with van der Waals surface area (Å²) in [5.41, 5.74) is 11.8. The summed E-state index contributed by atoms with van der Waals surface area (Å²) in [7, 11) is 0. The van der Waals surface area contributed by atoms with Gasteiger partial charge in [0.1, 0.15) is 0 Å². The average Bonchev–Trinajstić information content (AvgIpc) is 3.90. The van der Waals surface area contributed by atoms with Crippen molar-refractivity contribution in [2.75, 3.05) is 0 Å². The van der Waals surface area contributed by atoms with Gasteiger partial charge in [0.05, 0.1) is 11.4 Å². The molecule has 12 aromatic rings. The Morgan fingerprint density at radius 2 is 0.767 bits per heavy atom. The molecule has 0 aliphatic rings. The van der Waals surface area contributed by atoms with Gasteiger partial charge in [-0.05, 0) is 74.5 Å². The molecule has 4 heteroatoms. The summed E-state index contributed by atoms with van der Waals surface area (Å²) in [5.74, 6) is 0.695. The van der Waals surface area contributed by atoms with Crippen LogP contribution in [0.25, 0.3) is 118 Å². The molecular weight excluding hydrogens is 765 g/mol. The molecular formula is C56H34N2S2. The summed E-state index contributed by atoms with van der Waals surface area (Å²) in [6.07, 6.45) is 0. The molecule has 0 N–H and O–H groups in total. The van der Waals surface area contributed by atoms with E-state index in [0.717, 1.165) is 61.5 Å². The zero-order chi connectivity index (χ0) is 39.6. The first kappa shape index (κ1) is 34.8. The number of nitrogens with zero attached hydrogens (tertiary/aromatic N) is 2. The van der Waals surface area contributed by atoms with Crippen molar-refractivity contribution in [2.24, 2.45) is 0 Å². The Balaban J connectivity index is 1.22. The van der Waals surface area contributed by atoms with E-state index in [9.17, 15) is 0 Å². The second-order valence-corrected chi connectivity index (χ2v) is 17.3. The molecule has 0 aliphatic heterocycles. The van der Waals surface area contributed by atoms with Gasteiger partial charge in [0.25, 0.3) is 0 Å². The van der Waals surface area contributed by atoms with Gasteiger partial charge in [0.15, 0.2) is 5.82 Å². The van der Waals surface area contributed by atoms with Crippen molar-refractivity contribution in [1.82, 2.24) is 9.97 Å². The molecule has 0 unspecified atom stereocenters. The van der Waals surface area contributed by atoms with E-state index in [-0.39, 0.29) is 0 Å². The van der Waals surface area contributed by atoms with Crippen molar-refractivity contribution >= 4 is 73.8 Å². The Labute approximate surface area is 355 Å². The van der Waals surface area contributed by atoms with Crippen LogP contribution < -0.4 is 0 Å². The number of rotatable bonds is 6. The lowest BCUT2D eigenvalue weighted by atomic mass is 9.85. The van der Waals surface area contributed by atoms with Crippen molar-refractivity contribution in [1.29, 1.82) is 0 Å². The maximum atomic E-state index is 5.70. The van der Waals surface area contributed by atoms with Gasteiger partial charge in [-0.25, -0.2) is 9.97 Å². The lowest BCUT2D eigenvalue weighted by Gasteiger charge is -2.20. The van der Waals surface area contributed by atoms with Crippen molar-refractivity contribution in [3.05, 3.63) is 206 Å². The maximum absolute atomic E-state index is 5.70. The minimum atomic E-state index is 0.695. The summed E-state index contributed by atoms with van der Waals surface area (Å²) < 4.78 is 4.99. The second kappa shape index (κ2) is 14.2. The fraction of sp³-hybridized carbons (Fsp3) is 0. The van der Waals surface area contributed by atoms with Gasteiger partial charge in [-0.1, -0.05) is 176 Å². The third-order valence-corrected chi connectivity index (χ3v) is 14.2. The normalized spacial score (nSPS) is 11.7. The first-order valence-electron chi connectivity index (χ1n) is 20.2. The Bertz CT molecular complexity index is 3460. The van der Waals surface area contributed by atoms with E-state index < -0.39 is 0 Å². The van der Waals surface area contributed by atoms with E-state index in [1.807, 2.05) is 22.7 Å². The highest BCUT2D eigenvalue weighted by Gasteiger charge is 2.24. The molecule has 0 amide bonds. The summed E-state index contributed by atoms with van der Waals surface area (Å²) in [6.45, 7) is 0. The van der Waals surface area contributed by atoms with Gasteiger partial charge in [0.2, 0.25) is 0 Å². The molecule has 0 atom stereocenters. The van der Waals surface area contributed by atoms with Gasteiger partial charge < -0.3 is 0 Å². The summed E-state index contributed by atoms with van der Waals surface area (Å²) in [5, 5.41) is 7.41. The van der Waals surface area contributed by atoms with Crippen LogP contribution >= 0.6 is 22.7 Å². The fourth-order valence-electron chi connectivity index (χ4n) is 8.93. The Morgan fingerprint density at radius 1 is 0.300 bits per heavy atom.